The molecule has 2 aliphatic rings. The Morgan fingerprint density at radius 1 is 1.28 bits per heavy atom. The number of hydrogen-bond donors (Lipinski definition) is 1. The largest absolute Gasteiger partial charge is 0.493 e. The minimum absolute atomic E-state index is 0.214. The Hall–Kier alpha value is -1.06. The van der Waals surface area contributed by atoms with E-state index in [4.69, 9.17) is 15.2 Å². The van der Waals surface area contributed by atoms with Crippen LogP contribution in [0.1, 0.15) is 30.4 Å². The Kier molecular flexibility index (Phi) is 3.27. The van der Waals surface area contributed by atoms with E-state index in [1.54, 1.807) is 0 Å². The van der Waals surface area contributed by atoms with Crippen molar-refractivity contribution in [3.8, 4) is 5.75 Å². The maximum atomic E-state index is 5.67. The highest BCUT2D eigenvalue weighted by molar-refractivity contribution is 5.42. The molecular formula is C15H21NO2. The van der Waals surface area contributed by atoms with Gasteiger partial charge in [-0.25, -0.2) is 0 Å². The first kappa shape index (κ1) is 12.0. The fourth-order valence-electron chi connectivity index (χ4n) is 2.93. The van der Waals surface area contributed by atoms with Crippen molar-refractivity contribution in [3.63, 3.8) is 0 Å². The Morgan fingerprint density at radius 2 is 2.17 bits per heavy atom. The van der Waals surface area contributed by atoms with Gasteiger partial charge in [0.1, 0.15) is 5.75 Å². The van der Waals surface area contributed by atoms with E-state index in [-0.39, 0.29) is 5.41 Å². The molecule has 0 atom stereocenters. The van der Waals surface area contributed by atoms with Gasteiger partial charge in [0.2, 0.25) is 0 Å². The zero-order chi connectivity index (χ0) is 12.4. The van der Waals surface area contributed by atoms with Gasteiger partial charge in [0, 0.05) is 5.41 Å². The van der Waals surface area contributed by atoms with Gasteiger partial charge >= 0.3 is 0 Å². The Morgan fingerprint density at radius 3 is 2.89 bits per heavy atom. The summed E-state index contributed by atoms with van der Waals surface area (Å²) < 4.78 is 11.1. The molecule has 1 aromatic carbocycles. The van der Waals surface area contributed by atoms with E-state index in [0.717, 1.165) is 57.8 Å². The highest BCUT2D eigenvalue weighted by Crippen LogP contribution is 2.39. The predicted octanol–water partition coefficient (Wildman–Crippen LogP) is 2.02. The fraction of sp³-hybridized carbons (Fsp3) is 0.600. The van der Waals surface area contributed by atoms with Crippen molar-refractivity contribution in [1.29, 1.82) is 0 Å². The molecule has 98 valence electrons. The highest BCUT2D eigenvalue weighted by Gasteiger charge is 2.39. The van der Waals surface area contributed by atoms with E-state index in [9.17, 15) is 0 Å². The molecule has 3 rings (SSSR count). The summed E-state index contributed by atoms with van der Waals surface area (Å²) >= 11 is 0. The van der Waals surface area contributed by atoms with Gasteiger partial charge in [-0.2, -0.15) is 0 Å². The Balaban J connectivity index is 1.86. The third kappa shape index (κ3) is 2.02. The lowest BCUT2D eigenvalue weighted by Crippen LogP contribution is -2.47. The number of ether oxygens (including phenoxy) is 2. The van der Waals surface area contributed by atoms with Crippen LogP contribution in [0, 0.1) is 0 Å². The van der Waals surface area contributed by atoms with Crippen LogP contribution in [0.2, 0.25) is 0 Å². The van der Waals surface area contributed by atoms with Crippen molar-refractivity contribution in [3.05, 3.63) is 29.3 Å². The summed E-state index contributed by atoms with van der Waals surface area (Å²) in [5.41, 5.74) is 8.62. The molecule has 0 aliphatic carbocycles. The first-order valence-corrected chi connectivity index (χ1v) is 6.88. The van der Waals surface area contributed by atoms with Crippen molar-refractivity contribution in [1.82, 2.24) is 0 Å². The van der Waals surface area contributed by atoms with Crippen LogP contribution in [0.25, 0.3) is 0 Å². The molecule has 3 heteroatoms. The quantitative estimate of drug-likeness (QED) is 0.885. The standard InChI is InChI=1S/C15H21NO2/c16-7-2-6-15(10-17-11-15)13-4-5-14-12(9-13)3-1-8-18-14/h4-5,9H,1-3,6-8,10-11,16H2. The normalized spacial score (nSPS) is 20.7. The first-order valence-electron chi connectivity index (χ1n) is 6.88. The molecular weight excluding hydrogens is 226 g/mol. The maximum absolute atomic E-state index is 5.67. The molecule has 0 spiro atoms. The number of nitrogens with two attached hydrogens (primary N) is 1. The lowest BCUT2D eigenvalue weighted by Gasteiger charge is -2.42. The van der Waals surface area contributed by atoms with Gasteiger partial charge in [-0.15, -0.1) is 0 Å². The van der Waals surface area contributed by atoms with E-state index in [0.29, 0.717) is 0 Å². The zero-order valence-corrected chi connectivity index (χ0v) is 10.8. The molecule has 0 saturated carbocycles. The fourth-order valence-corrected chi connectivity index (χ4v) is 2.93. The van der Waals surface area contributed by atoms with Crippen LogP contribution in [0.3, 0.4) is 0 Å². The van der Waals surface area contributed by atoms with E-state index in [1.165, 1.54) is 11.1 Å². The molecule has 2 heterocycles. The maximum Gasteiger partial charge on any atom is 0.122 e. The van der Waals surface area contributed by atoms with E-state index in [1.807, 2.05) is 0 Å². The average molecular weight is 247 g/mol. The summed E-state index contributed by atoms with van der Waals surface area (Å²) in [5, 5.41) is 0. The number of hydrogen-bond acceptors (Lipinski definition) is 3. The molecule has 0 aromatic heterocycles. The summed E-state index contributed by atoms with van der Waals surface area (Å²) in [6.07, 6.45) is 4.46. The molecule has 2 aliphatic heterocycles. The van der Waals surface area contributed by atoms with E-state index >= 15 is 0 Å². The van der Waals surface area contributed by atoms with Crippen LogP contribution in [0.15, 0.2) is 18.2 Å². The van der Waals surface area contributed by atoms with Gasteiger partial charge in [-0.3, -0.25) is 0 Å². The minimum Gasteiger partial charge on any atom is -0.493 e. The SMILES string of the molecule is NCCCC1(c2ccc3c(c2)CCCO3)COC1. The zero-order valence-electron chi connectivity index (χ0n) is 10.8. The summed E-state index contributed by atoms with van der Waals surface area (Å²) in [4.78, 5) is 0. The van der Waals surface area contributed by atoms with Gasteiger partial charge < -0.3 is 15.2 Å². The van der Waals surface area contributed by atoms with Gasteiger partial charge in [0.05, 0.1) is 19.8 Å². The molecule has 18 heavy (non-hydrogen) atoms. The highest BCUT2D eigenvalue weighted by atomic mass is 16.5. The second-order valence-electron chi connectivity index (χ2n) is 5.44. The van der Waals surface area contributed by atoms with Crippen molar-refractivity contribution in [2.75, 3.05) is 26.4 Å². The van der Waals surface area contributed by atoms with Crippen molar-refractivity contribution >= 4 is 0 Å². The van der Waals surface area contributed by atoms with Crippen LogP contribution in [-0.4, -0.2) is 26.4 Å². The van der Waals surface area contributed by atoms with E-state index < -0.39 is 0 Å². The van der Waals surface area contributed by atoms with Crippen LogP contribution >= 0.6 is 0 Å². The predicted molar refractivity (Wildman–Crippen MR) is 71.0 cm³/mol. The third-order valence-corrected chi connectivity index (χ3v) is 4.14. The molecule has 0 unspecified atom stereocenters. The topological polar surface area (TPSA) is 44.5 Å². The molecule has 0 radical (unpaired) electrons. The second kappa shape index (κ2) is 4.90. The molecule has 0 amide bonds. The van der Waals surface area contributed by atoms with Crippen molar-refractivity contribution in [2.24, 2.45) is 5.73 Å². The van der Waals surface area contributed by atoms with E-state index in [2.05, 4.69) is 18.2 Å². The average Bonchev–Trinajstić information content (AvgIpc) is 2.37. The lowest BCUT2D eigenvalue weighted by molar-refractivity contribution is -0.0649. The van der Waals surface area contributed by atoms with Crippen LogP contribution in [0.5, 0.6) is 5.75 Å². The van der Waals surface area contributed by atoms with Gasteiger partial charge in [0.15, 0.2) is 0 Å². The van der Waals surface area contributed by atoms with Crippen molar-refractivity contribution < 1.29 is 9.47 Å². The minimum atomic E-state index is 0.214. The second-order valence-corrected chi connectivity index (χ2v) is 5.44. The summed E-state index contributed by atoms with van der Waals surface area (Å²) in [6.45, 7) is 3.29. The molecule has 1 saturated heterocycles. The smallest absolute Gasteiger partial charge is 0.122 e. The Bertz CT molecular complexity index is 427. The molecule has 2 N–H and O–H groups in total. The first-order chi connectivity index (χ1) is 8.84. The van der Waals surface area contributed by atoms with Crippen molar-refractivity contribution in [2.45, 2.75) is 31.1 Å². The number of rotatable bonds is 4. The Labute approximate surface area is 108 Å². The number of aryl methyl sites for hydroxylation is 1. The van der Waals surface area contributed by atoms with Gasteiger partial charge in [0.25, 0.3) is 0 Å². The molecule has 1 aromatic rings. The molecule has 1 fully saturated rings. The monoisotopic (exact) mass is 247 g/mol. The van der Waals surface area contributed by atoms with Crippen LogP contribution in [0.4, 0.5) is 0 Å². The van der Waals surface area contributed by atoms with Gasteiger partial charge in [-0.05, 0) is 49.4 Å². The molecule has 0 bridgehead atoms. The number of benzene rings is 1. The van der Waals surface area contributed by atoms with Gasteiger partial charge in [-0.1, -0.05) is 12.1 Å². The van der Waals surface area contributed by atoms with Crippen LogP contribution < -0.4 is 10.5 Å². The van der Waals surface area contributed by atoms with Crippen LogP contribution in [-0.2, 0) is 16.6 Å². The summed E-state index contributed by atoms with van der Waals surface area (Å²) in [7, 11) is 0. The number of fused-ring (bicyclic) bond motifs is 1. The third-order valence-electron chi connectivity index (χ3n) is 4.14. The lowest BCUT2D eigenvalue weighted by atomic mass is 9.74. The summed E-state index contributed by atoms with van der Waals surface area (Å²) in [6, 6.07) is 6.67. The summed E-state index contributed by atoms with van der Waals surface area (Å²) in [5.74, 6) is 1.07. The molecule has 3 nitrogen and oxygen atoms in total.